The van der Waals surface area contributed by atoms with Gasteiger partial charge in [-0.3, -0.25) is 0 Å². The normalized spacial score (nSPS) is 11.6. The second-order valence-corrected chi connectivity index (χ2v) is 7.89. The van der Waals surface area contributed by atoms with Gasteiger partial charge in [0, 0.05) is 22.0 Å². The van der Waals surface area contributed by atoms with Crippen LogP contribution < -0.4 is 4.74 Å². The van der Waals surface area contributed by atoms with Crippen LogP contribution in [0.2, 0.25) is 0 Å². The van der Waals surface area contributed by atoms with Gasteiger partial charge in [0.25, 0.3) is 0 Å². The second-order valence-electron chi connectivity index (χ2n) is 7.89. The number of hydrogen-bond acceptors (Lipinski definition) is 5. The van der Waals surface area contributed by atoms with E-state index in [1.807, 2.05) is 19.9 Å². The van der Waals surface area contributed by atoms with Crippen LogP contribution in [0.3, 0.4) is 0 Å². The molecule has 0 bridgehead atoms. The van der Waals surface area contributed by atoms with Crippen molar-refractivity contribution >= 4 is 32.7 Å². The molecule has 156 valence electrons. The van der Waals surface area contributed by atoms with Crippen molar-refractivity contribution < 1.29 is 9.26 Å². The van der Waals surface area contributed by atoms with Crippen molar-refractivity contribution in [2.45, 2.75) is 13.8 Å². The second kappa shape index (κ2) is 6.92. The zero-order valence-corrected chi connectivity index (χ0v) is 17.9. The Bertz CT molecular complexity index is 1620. The Morgan fingerprint density at radius 3 is 2.56 bits per heavy atom. The van der Waals surface area contributed by atoms with Crippen molar-refractivity contribution in [3.63, 3.8) is 0 Å². The maximum atomic E-state index is 5.80. The van der Waals surface area contributed by atoms with Crippen molar-refractivity contribution in [2.75, 3.05) is 7.11 Å². The van der Waals surface area contributed by atoms with Crippen LogP contribution in [0.25, 0.3) is 55.1 Å². The number of benzene rings is 3. The van der Waals surface area contributed by atoms with Crippen molar-refractivity contribution in [1.29, 1.82) is 0 Å². The largest absolute Gasteiger partial charge is 0.496 e. The van der Waals surface area contributed by atoms with E-state index in [0.717, 1.165) is 66.9 Å². The Morgan fingerprint density at radius 1 is 0.906 bits per heavy atom. The van der Waals surface area contributed by atoms with Crippen molar-refractivity contribution in [2.24, 2.45) is 0 Å². The minimum Gasteiger partial charge on any atom is -0.496 e. The lowest BCUT2D eigenvalue weighted by atomic mass is 9.98. The molecule has 6 heteroatoms. The SMILES string of the molecule is COc1cc2c(cc1-c1c(C)noc1C)[nH]c1ncnc(-c3cccc4ccccc34)c12. The van der Waals surface area contributed by atoms with E-state index in [1.165, 1.54) is 5.39 Å². The maximum Gasteiger partial charge on any atom is 0.142 e. The zero-order chi connectivity index (χ0) is 21.8. The molecule has 0 spiro atoms. The molecular formula is C26H20N4O2. The number of ether oxygens (including phenoxy) is 1. The molecular weight excluding hydrogens is 400 g/mol. The first-order chi connectivity index (χ1) is 15.7. The summed E-state index contributed by atoms with van der Waals surface area (Å²) < 4.78 is 11.2. The summed E-state index contributed by atoms with van der Waals surface area (Å²) in [5.74, 6) is 1.51. The van der Waals surface area contributed by atoms with E-state index in [1.54, 1.807) is 13.4 Å². The first-order valence-corrected chi connectivity index (χ1v) is 10.4. The maximum absolute atomic E-state index is 5.80. The number of nitrogens with one attached hydrogen (secondary N) is 1. The molecule has 3 heterocycles. The zero-order valence-electron chi connectivity index (χ0n) is 17.9. The van der Waals surface area contributed by atoms with E-state index < -0.39 is 0 Å². The van der Waals surface area contributed by atoms with Gasteiger partial charge in [0.1, 0.15) is 23.5 Å². The third kappa shape index (κ3) is 2.62. The van der Waals surface area contributed by atoms with Gasteiger partial charge < -0.3 is 14.2 Å². The summed E-state index contributed by atoms with van der Waals surface area (Å²) in [5.41, 5.74) is 6.42. The van der Waals surface area contributed by atoms with Crippen LogP contribution in [-0.4, -0.2) is 27.2 Å². The molecule has 0 amide bonds. The summed E-state index contributed by atoms with van der Waals surface area (Å²) in [4.78, 5) is 12.7. The van der Waals surface area contributed by atoms with E-state index in [4.69, 9.17) is 14.2 Å². The molecule has 3 aromatic heterocycles. The molecule has 0 aliphatic heterocycles. The molecule has 0 fully saturated rings. The van der Waals surface area contributed by atoms with Gasteiger partial charge in [-0.25, -0.2) is 9.97 Å². The summed E-state index contributed by atoms with van der Waals surface area (Å²) in [6, 6.07) is 18.8. The molecule has 6 rings (SSSR count). The number of aryl methyl sites for hydroxylation is 2. The average Bonchev–Trinajstić information content (AvgIpc) is 3.36. The van der Waals surface area contributed by atoms with Crippen molar-refractivity contribution in [3.05, 3.63) is 72.4 Å². The Morgan fingerprint density at radius 2 is 1.75 bits per heavy atom. The third-order valence-corrected chi connectivity index (χ3v) is 6.06. The van der Waals surface area contributed by atoms with E-state index in [2.05, 4.69) is 63.7 Å². The smallest absolute Gasteiger partial charge is 0.142 e. The fourth-order valence-corrected chi connectivity index (χ4v) is 4.62. The number of aromatic nitrogens is 4. The number of rotatable bonds is 3. The minimum atomic E-state index is 0.750. The topological polar surface area (TPSA) is 76.8 Å². The number of nitrogens with zero attached hydrogens (tertiary/aromatic N) is 3. The molecule has 1 N–H and O–H groups in total. The monoisotopic (exact) mass is 420 g/mol. The quantitative estimate of drug-likeness (QED) is 0.368. The standard InChI is InChI=1S/C26H20N4O2/c1-14-23(15(2)32-30-14)20-11-21-19(12-22(20)31-3)24-25(27-13-28-26(24)29-21)18-10-6-8-16-7-4-5-9-17(16)18/h4-13H,1-3H3,(H,27,28,29). The van der Waals surface area contributed by atoms with Crippen LogP contribution in [0.4, 0.5) is 0 Å². The third-order valence-electron chi connectivity index (χ3n) is 6.06. The highest BCUT2D eigenvalue weighted by molar-refractivity contribution is 6.15. The average molecular weight is 420 g/mol. The summed E-state index contributed by atoms with van der Waals surface area (Å²) in [6.45, 7) is 3.85. The summed E-state index contributed by atoms with van der Waals surface area (Å²) in [6.07, 6.45) is 1.61. The van der Waals surface area contributed by atoms with E-state index in [-0.39, 0.29) is 0 Å². The number of methoxy groups -OCH3 is 1. The van der Waals surface area contributed by atoms with Crippen molar-refractivity contribution in [3.8, 4) is 28.1 Å². The van der Waals surface area contributed by atoms with Crippen LogP contribution >= 0.6 is 0 Å². The van der Waals surface area contributed by atoms with Crippen molar-refractivity contribution in [1.82, 2.24) is 20.1 Å². The number of hydrogen-bond donors (Lipinski definition) is 1. The lowest BCUT2D eigenvalue weighted by molar-refractivity contribution is 0.393. The molecule has 0 unspecified atom stereocenters. The van der Waals surface area contributed by atoms with Gasteiger partial charge in [-0.1, -0.05) is 47.6 Å². The first kappa shape index (κ1) is 18.6. The number of aromatic amines is 1. The van der Waals surface area contributed by atoms with Crippen LogP contribution in [0.1, 0.15) is 11.5 Å². The van der Waals surface area contributed by atoms with Gasteiger partial charge in [-0.15, -0.1) is 0 Å². The predicted molar refractivity (Wildman–Crippen MR) is 126 cm³/mol. The van der Waals surface area contributed by atoms with Crippen LogP contribution in [0.5, 0.6) is 5.75 Å². The number of fused-ring (bicyclic) bond motifs is 4. The fraction of sp³-hybridized carbons (Fsp3) is 0.115. The van der Waals surface area contributed by atoms with E-state index >= 15 is 0 Å². The lowest BCUT2D eigenvalue weighted by Gasteiger charge is -2.10. The fourth-order valence-electron chi connectivity index (χ4n) is 4.62. The molecule has 32 heavy (non-hydrogen) atoms. The molecule has 0 saturated carbocycles. The van der Waals surface area contributed by atoms with Crippen LogP contribution in [0.15, 0.2) is 65.4 Å². The van der Waals surface area contributed by atoms with E-state index in [9.17, 15) is 0 Å². The molecule has 0 aliphatic rings. The minimum absolute atomic E-state index is 0.750. The molecule has 0 saturated heterocycles. The van der Waals surface area contributed by atoms with Gasteiger partial charge in [0.2, 0.25) is 0 Å². The summed E-state index contributed by atoms with van der Waals surface area (Å²) in [5, 5.41) is 8.43. The molecule has 0 atom stereocenters. The van der Waals surface area contributed by atoms with Crippen LogP contribution in [-0.2, 0) is 0 Å². The highest BCUT2D eigenvalue weighted by Gasteiger charge is 2.20. The highest BCUT2D eigenvalue weighted by atomic mass is 16.5. The Labute approximate surface area is 183 Å². The predicted octanol–water partition coefficient (Wildman–Crippen LogP) is 6.21. The molecule has 3 aromatic carbocycles. The lowest BCUT2D eigenvalue weighted by Crippen LogP contribution is -1.91. The summed E-state index contributed by atoms with van der Waals surface area (Å²) in [7, 11) is 1.68. The molecule has 6 nitrogen and oxygen atoms in total. The Balaban J connectivity index is 1.69. The van der Waals surface area contributed by atoms with Gasteiger partial charge >= 0.3 is 0 Å². The highest BCUT2D eigenvalue weighted by Crippen LogP contribution is 2.41. The first-order valence-electron chi connectivity index (χ1n) is 10.4. The van der Waals surface area contributed by atoms with E-state index in [0.29, 0.717) is 0 Å². The van der Waals surface area contributed by atoms with Crippen LogP contribution in [0, 0.1) is 13.8 Å². The van der Waals surface area contributed by atoms with Gasteiger partial charge in [-0.05, 0) is 36.8 Å². The summed E-state index contributed by atoms with van der Waals surface area (Å²) >= 11 is 0. The Hall–Kier alpha value is -4.19. The molecule has 6 aromatic rings. The molecule has 0 radical (unpaired) electrons. The van der Waals surface area contributed by atoms with Gasteiger partial charge in [-0.2, -0.15) is 0 Å². The molecule has 0 aliphatic carbocycles. The number of H-pyrrole nitrogens is 1. The van der Waals surface area contributed by atoms with Gasteiger partial charge in [0.15, 0.2) is 0 Å². The van der Waals surface area contributed by atoms with Gasteiger partial charge in [0.05, 0.1) is 29.4 Å². The Kier molecular flexibility index (Phi) is 4.01.